The van der Waals surface area contributed by atoms with Crippen molar-refractivity contribution in [2.75, 3.05) is 13.7 Å². The minimum Gasteiger partial charge on any atom is -0.493 e. The van der Waals surface area contributed by atoms with Crippen LogP contribution in [0.15, 0.2) is 29.5 Å². The summed E-state index contributed by atoms with van der Waals surface area (Å²) in [4.78, 5) is 17.3. The summed E-state index contributed by atoms with van der Waals surface area (Å²) in [5.41, 5.74) is 3.43. The first kappa shape index (κ1) is 21.4. The van der Waals surface area contributed by atoms with Crippen LogP contribution in [0.4, 0.5) is 0 Å². The minimum absolute atomic E-state index is 0.00931. The van der Waals surface area contributed by atoms with Crippen molar-refractivity contribution in [2.24, 2.45) is 4.99 Å². The summed E-state index contributed by atoms with van der Waals surface area (Å²) < 4.78 is 13.7. The number of aromatic nitrogens is 4. The number of ether oxygens (including phenoxy) is 2. The highest BCUT2D eigenvalue weighted by Crippen LogP contribution is 2.33. The molecular formula is C23H31N5O3. The number of aromatic amines is 1. The smallest absolute Gasteiger partial charge is 0.176 e. The van der Waals surface area contributed by atoms with E-state index < -0.39 is 0 Å². The van der Waals surface area contributed by atoms with Crippen LogP contribution in [0.5, 0.6) is 11.5 Å². The first-order valence-corrected chi connectivity index (χ1v) is 11.0. The maximum atomic E-state index is 9.82. The predicted molar refractivity (Wildman–Crippen MR) is 118 cm³/mol. The zero-order valence-corrected chi connectivity index (χ0v) is 18.6. The Balaban J connectivity index is 1.68. The summed E-state index contributed by atoms with van der Waals surface area (Å²) in [7, 11) is 1.64. The summed E-state index contributed by atoms with van der Waals surface area (Å²) >= 11 is 0. The zero-order valence-electron chi connectivity index (χ0n) is 18.6. The third kappa shape index (κ3) is 4.58. The topological polar surface area (TPSA) is 97.6 Å². The summed E-state index contributed by atoms with van der Waals surface area (Å²) in [6.07, 6.45) is 3.80. The molecule has 3 aromatic rings. The second-order valence-corrected chi connectivity index (χ2v) is 8.34. The van der Waals surface area contributed by atoms with E-state index in [9.17, 15) is 5.11 Å². The van der Waals surface area contributed by atoms with Crippen LogP contribution in [-0.4, -0.2) is 50.5 Å². The number of aliphatic hydroxyl groups excluding tert-OH is 1. The minimum atomic E-state index is -0.282. The Morgan fingerprint density at radius 2 is 2.13 bits per heavy atom. The highest BCUT2D eigenvalue weighted by molar-refractivity contribution is 5.69. The number of benzene rings is 1. The van der Waals surface area contributed by atoms with Crippen LogP contribution in [0.1, 0.15) is 57.3 Å². The molecule has 2 atom stereocenters. The number of hydrogen-bond acceptors (Lipinski definition) is 6. The normalized spacial score (nSPS) is 19.5. The van der Waals surface area contributed by atoms with E-state index in [-0.39, 0.29) is 18.1 Å². The van der Waals surface area contributed by atoms with Gasteiger partial charge in [-0.25, -0.2) is 9.97 Å². The lowest BCUT2D eigenvalue weighted by molar-refractivity contribution is 0.147. The molecule has 166 valence electrons. The van der Waals surface area contributed by atoms with Crippen molar-refractivity contribution < 1.29 is 14.6 Å². The van der Waals surface area contributed by atoms with Crippen LogP contribution in [-0.2, 0) is 6.54 Å². The number of imidazole rings is 1. The molecule has 2 heterocycles. The van der Waals surface area contributed by atoms with E-state index >= 15 is 0 Å². The fourth-order valence-corrected chi connectivity index (χ4v) is 3.96. The van der Waals surface area contributed by atoms with Crippen molar-refractivity contribution >= 4 is 11.2 Å². The lowest BCUT2D eigenvalue weighted by atomic mass is 10.2. The van der Waals surface area contributed by atoms with Gasteiger partial charge in [-0.1, -0.05) is 19.9 Å². The first-order valence-electron chi connectivity index (χ1n) is 11.0. The Labute approximate surface area is 182 Å². The van der Waals surface area contributed by atoms with Crippen molar-refractivity contribution in [3.63, 3.8) is 0 Å². The molecule has 1 fully saturated rings. The standard InChI is InChI=1S/C23H31N5O3/c1-5-24-22-20-23(27-21(26-20)14(2)3)28(13-25-22)12-15-6-9-18(30-4)19(10-15)31-17-8-7-16(29)11-17/h6,9-10,13-14,16-17,29H,5,7-8,11-12H2,1-4H3,(H,26,27). The number of hydrogen-bond donors (Lipinski definition) is 2. The third-order valence-corrected chi connectivity index (χ3v) is 5.60. The molecule has 0 saturated heterocycles. The second-order valence-electron chi connectivity index (χ2n) is 8.34. The monoisotopic (exact) mass is 425 g/mol. The molecule has 8 heteroatoms. The Bertz CT molecular complexity index is 1120. The highest BCUT2D eigenvalue weighted by Gasteiger charge is 2.25. The average Bonchev–Trinajstić information content (AvgIpc) is 3.37. The van der Waals surface area contributed by atoms with Crippen molar-refractivity contribution in [3.8, 4) is 11.5 Å². The molecule has 1 aliphatic carbocycles. The van der Waals surface area contributed by atoms with Gasteiger partial charge in [0.1, 0.15) is 17.4 Å². The fourth-order valence-electron chi connectivity index (χ4n) is 3.96. The molecule has 0 amide bonds. The molecule has 0 spiro atoms. The van der Waals surface area contributed by atoms with Gasteiger partial charge in [-0.15, -0.1) is 0 Å². The van der Waals surface area contributed by atoms with Gasteiger partial charge < -0.3 is 24.1 Å². The fraction of sp³-hybridized carbons (Fsp3) is 0.522. The van der Waals surface area contributed by atoms with Gasteiger partial charge in [0.25, 0.3) is 0 Å². The van der Waals surface area contributed by atoms with E-state index in [0.717, 1.165) is 35.4 Å². The van der Waals surface area contributed by atoms with Gasteiger partial charge in [0.15, 0.2) is 22.6 Å². The Morgan fingerprint density at radius 1 is 1.29 bits per heavy atom. The van der Waals surface area contributed by atoms with E-state index in [1.807, 2.05) is 29.7 Å². The molecule has 2 N–H and O–H groups in total. The summed E-state index contributed by atoms with van der Waals surface area (Å²) in [5.74, 6) is 2.59. The second kappa shape index (κ2) is 9.09. The van der Waals surface area contributed by atoms with Gasteiger partial charge in [0.05, 0.1) is 26.1 Å². The number of fused-ring (bicyclic) bond motifs is 1. The van der Waals surface area contributed by atoms with Crippen molar-refractivity contribution in [3.05, 3.63) is 41.4 Å². The number of methoxy groups -OCH3 is 1. The van der Waals surface area contributed by atoms with E-state index in [1.165, 1.54) is 0 Å². The van der Waals surface area contributed by atoms with Gasteiger partial charge >= 0.3 is 0 Å². The zero-order chi connectivity index (χ0) is 22.0. The number of rotatable bonds is 7. The van der Waals surface area contributed by atoms with E-state index in [2.05, 4.69) is 28.8 Å². The highest BCUT2D eigenvalue weighted by atomic mass is 16.5. The Hall–Kier alpha value is -2.87. The lowest BCUT2D eigenvalue weighted by Crippen LogP contribution is -2.16. The molecule has 2 aromatic heterocycles. The van der Waals surface area contributed by atoms with E-state index in [4.69, 9.17) is 14.5 Å². The van der Waals surface area contributed by atoms with Crippen molar-refractivity contribution in [1.82, 2.24) is 19.5 Å². The summed E-state index contributed by atoms with van der Waals surface area (Å²) in [6, 6.07) is 5.95. The Kier molecular flexibility index (Phi) is 6.27. The number of nitrogens with one attached hydrogen (secondary N) is 1. The number of nitrogens with zero attached hydrogens (tertiary/aromatic N) is 4. The first-order chi connectivity index (χ1) is 15.0. The predicted octanol–water partition coefficient (Wildman–Crippen LogP) is 3.15. The molecule has 0 bridgehead atoms. The molecule has 8 nitrogen and oxygen atoms in total. The molecule has 4 rings (SSSR count). The molecular weight excluding hydrogens is 394 g/mol. The maximum absolute atomic E-state index is 9.82. The third-order valence-electron chi connectivity index (χ3n) is 5.60. The quantitative estimate of drug-likeness (QED) is 0.606. The van der Waals surface area contributed by atoms with Gasteiger partial charge in [-0.3, -0.25) is 4.99 Å². The van der Waals surface area contributed by atoms with Gasteiger partial charge in [0, 0.05) is 18.9 Å². The van der Waals surface area contributed by atoms with Crippen LogP contribution in [0.25, 0.3) is 11.2 Å². The summed E-state index contributed by atoms with van der Waals surface area (Å²) in [5, 5.41) is 9.82. The SMILES string of the molecule is CCN=c1ncn(Cc2ccc(OC)c(OC3CCC(O)C3)c2)c2nc(C(C)C)[nH]c12. The molecule has 1 aromatic carbocycles. The van der Waals surface area contributed by atoms with E-state index in [1.54, 1.807) is 13.4 Å². The van der Waals surface area contributed by atoms with Crippen LogP contribution >= 0.6 is 0 Å². The molecule has 31 heavy (non-hydrogen) atoms. The van der Waals surface area contributed by atoms with Crippen LogP contribution in [0.3, 0.4) is 0 Å². The molecule has 1 aliphatic rings. The molecule has 2 unspecified atom stereocenters. The van der Waals surface area contributed by atoms with Crippen molar-refractivity contribution in [1.29, 1.82) is 0 Å². The van der Waals surface area contributed by atoms with E-state index in [0.29, 0.717) is 36.5 Å². The molecule has 1 saturated carbocycles. The van der Waals surface area contributed by atoms with Crippen LogP contribution < -0.4 is 15.0 Å². The Morgan fingerprint density at radius 3 is 2.81 bits per heavy atom. The summed E-state index contributed by atoms with van der Waals surface area (Å²) in [6.45, 7) is 7.47. The maximum Gasteiger partial charge on any atom is 0.176 e. The average molecular weight is 426 g/mol. The van der Waals surface area contributed by atoms with Crippen molar-refractivity contribution in [2.45, 2.75) is 64.7 Å². The number of H-pyrrole nitrogens is 1. The van der Waals surface area contributed by atoms with Gasteiger partial charge in [-0.05, 0) is 37.5 Å². The lowest BCUT2D eigenvalue weighted by Gasteiger charge is -2.17. The number of aliphatic hydroxyl groups is 1. The van der Waals surface area contributed by atoms with Gasteiger partial charge in [-0.2, -0.15) is 0 Å². The van der Waals surface area contributed by atoms with Crippen LogP contribution in [0, 0.1) is 0 Å². The van der Waals surface area contributed by atoms with Crippen LogP contribution in [0.2, 0.25) is 0 Å². The molecule has 0 aliphatic heterocycles. The largest absolute Gasteiger partial charge is 0.493 e. The van der Waals surface area contributed by atoms with Gasteiger partial charge in [0.2, 0.25) is 0 Å². The molecule has 0 radical (unpaired) electrons.